The van der Waals surface area contributed by atoms with Crippen LogP contribution in [0.3, 0.4) is 0 Å². The maximum Gasteiger partial charge on any atom is 0.323 e. The largest absolute Gasteiger partial charge is 0.323 e. The number of rotatable bonds is 4. The van der Waals surface area contributed by atoms with Crippen LogP contribution in [0.5, 0.6) is 0 Å². The fourth-order valence-electron chi connectivity index (χ4n) is 2.36. The van der Waals surface area contributed by atoms with Crippen LogP contribution < -0.4 is 16.0 Å². The number of carbonyl (C=O) groups is 2. The van der Waals surface area contributed by atoms with Crippen molar-refractivity contribution in [1.29, 1.82) is 0 Å². The molecule has 0 aliphatic heterocycles. The predicted molar refractivity (Wildman–Crippen MR) is 102 cm³/mol. The van der Waals surface area contributed by atoms with E-state index in [4.69, 9.17) is 0 Å². The Morgan fingerprint density at radius 1 is 1.08 bits per heavy atom. The first kappa shape index (κ1) is 17.8. The van der Waals surface area contributed by atoms with Gasteiger partial charge >= 0.3 is 6.03 Å². The van der Waals surface area contributed by atoms with Crippen LogP contribution in [0, 0.1) is 12.7 Å². The van der Waals surface area contributed by atoms with E-state index in [0.717, 1.165) is 15.8 Å². The van der Waals surface area contributed by atoms with Crippen LogP contribution in [0.2, 0.25) is 0 Å². The van der Waals surface area contributed by atoms with E-state index >= 15 is 0 Å². The van der Waals surface area contributed by atoms with Crippen LogP contribution in [0.25, 0.3) is 10.2 Å². The van der Waals surface area contributed by atoms with E-state index in [1.54, 1.807) is 19.1 Å². The van der Waals surface area contributed by atoms with E-state index in [2.05, 4.69) is 20.9 Å². The van der Waals surface area contributed by atoms with Crippen molar-refractivity contribution in [3.8, 4) is 0 Å². The summed E-state index contributed by atoms with van der Waals surface area (Å²) in [5.74, 6) is -0.466. The van der Waals surface area contributed by atoms with Gasteiger partial charge in [-0.3, -0.25) is 4.79 Å². The number of aryl methyl sites for hydroxylation is 1. The van der Waals surface area contributed by atoms with Gasteiger partial charge in [-0.1, -0.05) is 18.3 Å². The van der Waals surface area contributed by atoms with Crippen molar-refractivity contribution in [3.05, 3.63) is 47.8 Å². The average molecular weight is 372 g/mol. The van der Waals surface area contributed by atoms with E-state index in [1.807, 2.05) is 6.92 Å². The summed E-state index contributed by atoms with van der Waals surface area (Å²) in [5, 5.41) is 8.66. The summed E-state index contributed by atoms with van der Waals surface area (Å²) in [4.78, 5) is 28.1. The molecule has 0 aliphatic rings. The summed E-state index contributed by atoms with van der Waals surface area (Å²) in [5.41, 5.74) is 2.76. The number of benzene rings is 2. The lowest BCUT2D eigenvalue weighted by atomic mass is 10.2. The highest BCUT2D eigenvalue weighted by Gasteiger charge is 2.11. The summed E-state index contributed by atoms with van der Waals surface area (Å²) >= 11 is 1.35. The first-order valence-electron chi connectivity index (χ1n) is 7.99. The minimum atomic E-state index is -0.431. The Bertz CT molecular complexity index is 969. The maximum atomic E-state index is 12.9. The predicted octanol–water partition coefficient (Wildman–Crippen LogP) is 4.74. The van der Waals surface area contributed by atoms with Gasteiger partial charge in [0, 0.05) is 17.8 Å². The van der Waals surface area contributed by atoms with E-state index in [9.17, 15) is 14.0 Å². The Morgan fingerprint density at radius 3 is 2.46 bits per heavy atom. The Balaban J connectivity index is 1.76. The third-order valence-corrected chi connectivity index (χ3v) is 4.53. The van der Waals surface area contributed by atoms with Crippen molar-refractivity contribution in [2.45, 2.75) is 20.3 Å². The maximum absolute atomic E-state index is 12.9. The lowest BCUT2D eigenvalue weighted by molar-refractivity contribution is -0.115. The Kier molecular flexibility index (Phi) is 5.13. The number of hydrogen-bond donors (Lipinski definition) is 3. The number of carbonyl (C=O) groups excluding carboxylic acids is 2. The number of aromatic nitrogens is 1. The molecule has 0 aliphatic carbocycles. The normalized spacial score (nSPS) is 10.6. The molecule has 0 spiro atoms. The van der Waals surface area contributed by atoms with Gasteiger partial charge in [0.05, 0.1) is 10.2 Å². The zero-order chi connectivity index (χ0) is 18.7. The van der Waals surface area contributed by atoms with Gasteiger partial charge in [0.15, 0.2) is 5.13 Å². The Morgan fingerprint density at radius 2 is 1.77 bits per heavy atom. The lowest BCUT2D eigenvalue weighted by Crippen LogP contribution is -2.19. The molecule has 2 aromatic carbocycles. The number of halogens is 1. The SMILES string of the molecule is CCC(=O)Nc1nc2c(C)cc(NC(=O)Nc3ccc(F)cc3)cc2s1. The first-order valence-corrected chi connectivity index (χ1v) is 8.81. The summed E-state index contributed by atoms with van der Waals surface area (Å²) in [7, 11) is 0. The van der Waals surface area contributed by atoms with Gasteiger partial charge in [0.25, 0.3) is 0 Å². The van der Waals surface area contributed by atoms with Crippen LogP contribution in [0.15, 0.2) is 36.4 Å². The number of hydrogen-bond acceptors (Lipinski definition) is 4. The van der Waals surface area contributed by atoms with Crippen LogP contribution >= 0.6 is 11.3 Å². The fourth-order valence-corrected chi connectivity index (χ4v) is 3.36. The summed E-state index contributed by atoms with van der Waals surface area (Å²) in [6.45, 7) is 3.66. The third-order valence-electron chi connectivity index (χ3n) is 3.61. The van der Waals surface area contributed by atoms with E-state index < -0.39 is 6.03 Å². The number of nitrogens with one attached hydrogen (secondary N) is 3. The van der Waals surface area contributed by atoms with E-state index in [0.29, 0.717) is 22.9 Å². The molecule has 0 unspecified atom stereocenters. The van der Waals surface area contributed by atoms with Crippen molar-refractivity contribution in [3.63, 3.8) is 0 Å². The molecule has 26 heavy (non-hydrogen) atoms. The molecule has 0 radical (unpaired) electrons. The molecule has 0 saturated carbocycles. The number of thiazole rings is 1. The molecule has 8 heteroatoms. The number of nitrogens with zero attached hydrogens (tertiary/aromatic N) is 1. The molecular formula is C18H17FN4O2S. The smallest absolute Gasteiger partial charge is 0.308 e. The van der Waals surface area contributed by atoms with E-state index in [-0.39, 0.29) is 11.7 Å². The quantitative estimate of drug-likeness (QED) is 0.619. The fraction of sp³-hybridized carbons (Fsp3) is 0.167. The molecule has 0 saturated heterocycles. The standard InChI is InChI=1S/C18H17FN4O2S/c1-3-15(24)22-18-23-16-10(2)8-13(9-14(16)26-18)21-17(25)20-12-6-4-11(19)5-7-12/h4-9H,3H2,1-2H3,(H2,20,21,25)(H,22,23,24). The second kappa shape index (κ2) is 7.49. The zero-order valence-electron chi connectivity index (χ0n) is 14.2. The number of urea groups is 1. The molecule has 0 atom stereocenters. The van der Waals surface area contributed by atoms with Gasteiger partial charge in [-0.2, -0.15) is 0 Å². The van der Waals surface area contributed by atoms with Gasteiger partial charge in [0.1, 0.15) is 5.82 Å². The van der Waals surface area contributed by atoms with E-state index in [1.165, 1.54) is 35.6 Å². The molecule has 3 rings (SSSR count). The minimum Gasteiger partial charge on any atom is -0.308 e. The molecule has 1 aromatic heterocycles. The molecule has 0 bridgehead atoms. The van der Waals surface area contributed by atoms with Crippen molar-refractivity contribution in [2.24, 2.45) is 0 Å². The summed E-state index contributed by atoms with van der Waals surface area (Å²) < 4.78 is 13.8. The van der Waals surface area contributed by atoms with Crippen LogP contribution in [-0.2, 0) is 4.79 Å². The Labute approximate surface area is 153 Å². The number of fused-ring (bicyclic) bond motifs is 1. The highest BCUT2D eigenvalue weighted by Crippen LogP contribution is 2.31. The Hall–Kier alpha value is -3.00. The molecule has 3 aromatic rings. The van der Waals surface area contributed by atoms with Crippen LogP contribution in [0.1, 0.15) is 18.9 Å². The molecule has 3 amide bonds. The van der Waals surface area contributed by atoms with Crippen molar-refractivity contribution in [1.82, 2.24) is 4.98 Å². The lowest BCUT2D eigenvalue weighted by Gasteiger charge is -2.08. The molecule has 134 valence electrons. The van der Waals surface area contributed by atoms with Gasteiger partial charge in [-0.05, 0) is 48.9 Å². The molecule has 0 fully saturated rings. The van der Waals surface area contributed by atoms with Gasteiger partial charge in [-0.25, -0.2) is 14.2 Å². The minimum absolute atomic E-state index is 0.0984. The number of amides is 3. The van der Waals surface area contributed by atoms with Crippen molar-refractivity contribution >= 4 is 50.0 Å². The first-order chi connectivity index (χ1) is 12.4. The third kappa shape index (κ3) is 4.15. The molecule has 6 nitrogen and oxygen atoms in total. The second-order valence-electron chi connectivity index (χ2n) is 5.65. The summed E-state index contributed by atoms with van der Waals surface area (Å²) in [6, 6.07) is 8.68. The topological polar surface area (TPSA) is 83.1 Å². The highest BCUT2D eigenvalue weighted by molar-refractivity contribution is 7.22. The van der Waals surface area contributed by atoms with Crippen molar-refractivity contribution < 1.29 is 14.0 Å². The summed E-state index contributed by atoms with van der Waals surface area (Å²) in [6.07, 6.45) is 0.380. The van der Waals surface area contributed by atoms with Crippen LogP contribution in [0.4, 0.5) is 25.7 Å². The molecule has 3 N–H and O–H groups in total. The second-order valence-corrected chi connectivity index (χ2v) is 6.68. The molecular weight excluding hydrogens is 355 g/mol. The number of anilines is 3. The monoisotopic (exact) mass is 372 g/mol. The average Bonchev–Trinajstić information content (AvgIpc) is 2.99. The van der Waals surface area contributed by atoms with Crippen molar-refractivity contribution in [2.75, 3.05) is 16.0 Å². The van der Waals surface area contributed by atoms with Gasteiger partial charge in [0.2, 0.25) is 5.91 Å². The highest BCUT2D eigenvalue weighted by atomic mass is 32.1. The van der Waals surface area contributed by atoms with Gasteiger partial charge in [-0.15, -0.1) is 0 Å². The molecule has 1 heterocycles. The zero-order valence-corrected chi connectivity index (χ0v) is 15.0. The van der Waals surface area contributed by atoms with Gasteiger partial charge < -0.3 is 16.0 Å². The van der Waals surface area contributed by atoms with Crippen LogP contribution in [-0.4, -0.2) is 16.9 Å².